The molecule has 4 heteroatoms. The fraction of sp³-hybridized carbons (Fsp3) is 0.733. The van der Waals surface area contributed by atoms with Crippen molar-refractivity contribution in [3.63, 3.8) is 0 Å². The number of nitriles is 1. The van der Waals surface area contributed by atoms with Crippen molar-refractivity contribution in [2.75, 3.05) is 19.6 Å². The van der Waals surface area contributed by atoms with Gasteiger partial charge in [0, 0.05) is 18.9 Å². The number of ether oxygens (including phenoxy) is 1. The summed E-state index contributed by atoms with van der Waals surface area (Å²) in [6.45, 7) is 12.1. The molecule has 34 heavy (non-hydrogen) atoms. The van der Waals surface area contributed by atoms with Gasteiger partial charge < -0.3 is 9.64 Å². The van der Waals surface area contributed by atoms with Crippen molar-refractivity contribution in [3.8, 4) is 6.07 Å². The van der Waals surface area contributed by atoms with Crippen LogP contribution >= 0.6 is 0 Å². The summed E-state index contributed by atoms with van der Waals surface area (Å²) >= 11 is 0. The lowest BCUT2D eigenvalue weighted by molar-refractivity contribution is -0.151. The zero-order chi connectivity index (χ0) is 24.6. The Labute approximate surface area is 208 Å². The third kappa shape index (κ3) is 6.03. The van der Waals surface area contributed by atoms with Crippen LogP contribution in [-0.4, -0.2) is 36.6 Å². The van der Waals surface area contributed by atoms with E-state index in [1.54, 1.807) is 0 Å². The number of carbonyl (C=O) groups excluding carboxylic acids is 1. The highest BCUT2D eigenvalue weighted by atomic mass is 16.5. The number of benzene rings is 1. The van der Waals surface area contributed by atoms with E-state index in [1.807, 2.05) is 13.0 Å². The lowest BCUT2D eigenvalue weighted by Crippen LogP contribution is -2.50. The molecule has 1 saturated heterocycles. The monoisotopic (exact) mass is 466 g/mol. The second kappa shape index (κ2) is 12.7. The number of nitrogens with zero attached hydrogens (tertiary/aromatic N) is 2. The van der Waals surface area contributed by atoms with E-state index in [4.69, 9.17) is 4.74 Å². The number of rotatable bonds is 11. The highest BCUT2D eigenvalue weighted by Gasteiger charge is 2.53. The maximum absolute atomic E-state index is 12.2. The summed E-state index contributed by atoms with van der Waals surface area (Å²) in [6, 6.07) is 13.3. The zero-order valence-electron chi connectivity index (χ0n) is 22.0. The minimum Gasteiger partial charge on any atom is -0.462 e. The number of piperidine rings is 1. The number of hydrogen-bond acceptors (Lipinski definition) is 4. The van der Waals surface area contributed by atoms with E-state index in [9.17, 15) is 10.1 Å². The first kappa shape index (κ1) is 26.7. The molecule has 1 aromatic rings. The first-order valence-electron chi connectivity index (χ1n) is 13.9. The molecule has 0 bridgehead atoms. The van der Waals surface area contributed by atoms with Gasteiger partial charge in [0.2, 0.25) is 0 Å². The Hall–Kier alpha value is -1.86. The lowest BCUT2D eigenvalue weighted by atomic mass is 9.59. The molecule has 0 amide bonds. The van der Waals surface area contributed by atoms with Crippen LogP contribution in [0.4, 0.5) is 0 Å². The first-order chi connectivity index (χ1) is 16.5. The van der Waals surface area contributed by atoms with Gasteiger partial charge in [0.15, 0.2) is 0 Å². The molecule has 2 unspecified atom stereocenters. The third-order valence-electron chi connectivity index (χ3n) is 8.80. The average Bonchev–Trinajstić information content (AvgIpc) is 3.34. The maximum Gasteiger partial charge on any atom is 0.305 e. The van der Waals surface area contributed by atoms with Crippen LogP contribution in [0.1, 0.15) is 91.0 Å². The zero-order valence-corrected chi connectivity index (χ0v) is 22.0. The van der Waals surface area contributed by atoms with Gasteiger partial charge in [0.1, 0.15) is 6.10 Å². The molecule has 0 radical (unpaired) electrons. The summed E-state index contributed by atoms with van der Waals surface area (Å²) in [5, 5.41) is 10.8. The van der Waals surface area contributed by atoms with Gasteiger partial charge in [-0.3, -0.25) is 4.79 Å². The molecule has 0 spiro atoms. The maximum atomic E-state index is 12.2. The van der Waals surface area contributed by atoms with Crippen LogP contribution in [0.15, 0.2) is 30.3 Å². The van der Waals surface area contributed by atoms with E-state index in [0.717, 1.165) is 62.6 Å². The van der Waals surface area contributed by atoms with Crippen molar-refractivity contribution in [3.05, 3.63) is 35.9 Å². The van der Waals surface area contributed by atoms with E-state index in [-0.39, 0.29) is 23.9 Å². The Balaban J connectivity index is 1.80. The van der Waals surface area contributed by atoms with Crippen LogP contribution in [0, 0.1) is 35.0 Å². The highest BCUT2D eigenvalue weighted by Crippen LogP contribution is 2.51. The second-order valence-electron chi connectivity index (χ2n) is 10.9. The third-order valence-corrected chi connectivity index (χ3v) is 8.80. The molecule has 1 heterocycles. The Morgan fingerprint density at radius 2 is 1.82 bits per heavy atom. The number of esters is 1. The summed E-state index contributed by atoms with van der Waals surface area (Å²) in [5.74, 6) is 1.77. The minimum atomic E-state index is -0.594. The van der Waals surface area contributed by atoms with Gasteiger partial charge in [-0.25, -0.2) is 0 Å². The van der Waals surface area contributed by atoms with Gasteiger partial charge in [-0.05, 0) is 74.9 Å². The highest BCUT2D eigenvalue weighted by molar-refractivity contribution is 5.69. The van der Waals surface area contributed by atoms with Gasteiger partial charge in [0.05, 0.1) is 11.5 Å². The summed E-state index contributed by atoms with van der Waals surface area (Å²) in [5.41, 5.74) is 0.521. The molecule has 0 N–H and O–H groups in total. The summed E-state index contributed by atoms with van der Waals surface area (Å²) in [6.07, 6.45) is 8.97. The van der Waals surface area contributed by atoms with Crippen molar-refractivity contribution in [2.24, 2.45) is 23.7 Å². The van der Waals surface area contributed by atoms with Crippen LogP contribution in [-0.2, 0) is 14.9 Å². The van der Waals surface area contributed by atoms with Crippen molar-refractivity contribution in [1.29, 1.82) is 5.26 Å². The summed E-state index contributed by atoms with van der Waals surface area (Å²) in [7, 11) is 0. The number of carbonyl (C=O) groups is 1. The minimum absolute atomic E-state index is 0.0701. The number of likely N-dealkylation sites (tertiary alicyclic amines) is 1. The molecule has 5 atom stereocenters. The molecule has 1 aliphatic heterocycles. The predicted octanol–water partition coefficient (Wildman–Crippen LogP) is 6.74. The van der Waals surface area contributed by atoms with Crippen LogP contribution in [0.2, 0.25) is 0 Å². The second-order valence-corrected chi connectivity index (χ2v) is 10.9. The smallest absolute Gasteiger partial charge is 0.305 e. The molecular weight excluding hydrogens is 420 g/mol. The standard InChI is InChI=1S/C30H46N2O2/c1-5-23(4)20-24(6-2)21-32-18-16-26(17-19-32)30(22-31,25-12-9-8-10-13-25)27-14-11-15-28(27)34-29(33)7-3/h8-10,12-13,23-24,26-28H,5-7,11,14-21H2,1-4H3/t23?,24?,27-,28-,30+/m0/s1. The molecule has 1 aliphatic carbocycles. The molecule has 0 aromatic heterocycles. The fourth-order valence-electron chi connectivity index (χ4n) is 6.59. The van der Waals surface area contributed by atoms with Crippen LogP contribution in [0.25, 0.3) is 0 Å². The van der Waals surface area contributed by atoms with Gasteiger partial charge in [-0.1, -0.05) is 70.9 Å². The average molecular weight is 467 g/mol. The van der Waals surface area contributed by atoms with E-state index in [0.29, 0.717) is 6.42 Å². The molecule has 3 rings (SSSR count). The topological polar surface area (TPSA) is 53.3 Å². The van der Waals surface area contributed by atoms with Crippen molar-refractivity contribution >= 4 is 5.97 Å². The molecule has 4 nitrogen and oxygen atoms in total. The largest absolute Gasteiger partial charge is 0.462 e. The van der Waals surface area contributed by atoms with Gasteiger partial charge >= 0.3 is 5.97 Å². The Bertz CT molecular complexity index is 796. The molecule has 1 aromatic carbocycles. The Morgan fingerprint density at radius 1 is 1.12 bits per heavy atom. The van der Waals surface area contributed by atoms with Crippen molar-refractivity contribution in [1.82, 2.24) is 4.90 Å². The fourth-order valence-corrected chi connectivity index (χ4v) is 6.59. The SMILES string of the molecule is CCC(=O)O[C@H]1CCC[C@@H]1[C@](C#N)(c1ccccc1)C1CCN(CC(CC)CC(C)CC)CC1. The molecule has 2 fully saturated rings. The molecule has 188 valence electrons. The van der Waals surface area contributed by atoms with E-state index >= 15 is 0 Å². The van der Waals surface area contributed by atoms with Gasteiger partial charge in [-0.15, -0.1) is 0 Å². The number of hydrogen-bond donors (Lipinski definition) is 0. The summed E-state index contributed by atoms with van der Waals surface area (Å²) < 4.78 is 5.93. The molecule has 2 aliphatic rings. The van der Waals surface area contributed by atoms with Crippen molar-refractivity contribution < 1.29 is 9.53 Å². The Morgan fingerprint density at radius 3 is 2.41 bits per heavy atom. The van der Waals surface area contributed by atoms with Crippen molar-refractivity contribution in [2.45, 2.75) is 97.0 Å². The van der Waals surface area contributed by atoms with E-state index < -0.39 is 5.41 Å². The van der Waals surface area contributed by atoms with E-state index in [1.165, 1.54) is 25.8 Å². The Kier molecular flexibility index (Phi) is 10.0. The lowest BCUT2D eigenvalue weighted by Gasteiger charge is -2.46. The molecular formula is C30H46N2O2. The van der Waals surface area contributed by atoms with E-state index in [2.05, 4.69) is 56.0 Å². The predicted molar refractivity (Wildman–Crippen MR) is 138 cm³/mol. The summed E-state index contributed by atoms with van der Waals surface area (Å²) in [4.78, 5) is 14.8. The normalized spacial score (nSPS) is 25.3. The molecule has 1 saturated carbocycles. The quantitative estimate of drug-likeness (QED) is 0.339. The van der Waals surface area contributed by atoms with Gasteiger partial charge in [-0.2, -0.15) is 5.26 Å². The van der Waals surface area contributed by atoms with Gasteiger partial charge in [0.25, 0.3) is 0 Å². The van der Waals surface area contributed by atoms with Crippen LogP contribution < -0.4 is 0 Å². The first-order valence-corrected chi connectivity index (χ1v) is 13.9. The van der Waals surface area contributed by atoms with Crippen LogP contribution in [0.3, 0.4) is 0 Å². The van der Waals surface area contributed by atoms with Crippen LogP contribution in [0.5, 0.6) is 0 Å².